The molecule has 2 N–H and O–H groups in total. The van der Waals surface area contributed by atoms with E-state index >= 15 is 0 Å². The summed E-state index contributed by atoms with van der Waals surface area (Å²) in [7, 11) is 0. The maximum absolute atomic E-state index is 13.5. The summed E-state index contributed by atoms with van der Waals surface area (Å²) < 4.78 is 13.5. The van der Waals surface area contributed by atoms with Gasteiger partial charge in [0.05, 0.1) is 5.02 Å². The Bertz CT molecular complexity index is 1350. The van der Waals surface area contributed by atoms with Gasteiger partial charge in [-0.3, -0.25) is 14.4 Å². The van der Waals surface area contributed by atoms with E-state index in [0.717, 1.165) is 28.2 Å². The lowest BCUT2D eigenvalue weighted by molar-refractivity contribution is -0.138. The van der Waals surface area contributed by atoms with Gasteiger partial charge in [-0.1, -0.05) is 35.9 Å². The third-order valence-corrected chi connectivity index (χ3v) is 7.33. The SMILES string of the molecule is Cc1ccc(C(C(=O)NCc2ccc(F)c(Cl)c2)N(C(=O)/C=C/C(=O)Nc2ccccc2C)C2CC2)s1. The molecule has 9 heteroatoms. The number of hydrogen-bond acceptors (Lipinski definition) is 4. The lowest BCUT2D eigenvalue weighted by Crippen LogP contribution is -2.44. The first kappa shape index (κ1) is 26.6. The number of anilines is 1. The van der Waals surface area contributed by atoms with Crippen molar-refractivity contribution in [2.45, 2.75) is 45.3 Å². The Hall–Kier alpha value is -3.49. The van der Waals surface area contributed by atoms with Crippen molar-refractivity contribution < 1.29 is 18.8 Å². The molecule has 1 saturated carbocycles. The van der Waals surface area contributed by atoms with Crippen molar-refractivity contribution in [1.29, 1.82) is 0 Å². The number of halogens is 2. The van der Waals surface area contributed by atoms with Gasteiger partial charge in [0.25, 0.3) is 0 Å². The fraction of sp³-hybridized carbons (Fsp3) is 0.250. The van der Waals surface area contributed by atoms with Crippen LogP contribution in [0.15, 0.2) is 66.7 Å². The zero-order valence-corrected chi connectivity index (χ0v) is 22.0. The molecule has 2 aromatic carbocycles. The van der Waals surface area contributed by atoms with Crippen LogP contribution in [-0.4, -0.2) is 28.7 Å². The predicted octanol–water partition coefficient (Wildman–Crippen LogP) is 5.70. The van der Waals surface area contributed by atoms with Gasteiger partial charge in [-0.25, -0.2) is 4.39 Å². The van der Waals surface area contributed by atoms with Crippen LogP contribution in [0.5, 0.6) is 0 Å². The first-order valence-corrected chi connectivity index (χ1v) is 13.1. The highest BCUT2D eigenvalue weighted by atomic mass is 35.5. The van der Waals surface area contributed by atoms with E-state index in [9.17, 15) is 18.8 Å². The van der Waals surface area contributed by atoms with Crippen LogP contribution in [0, 0.1) is 19.7 Å². The fourth-order valence-electron chi connectivity index (χ4n) is 3.92. The summed E-state index contributed by atoms with van der Waals surface area (Å²) in [6.45, 7) is 3.94. The van der Waals surface area contributed by atoms with Gasteiger partial charge in [-0.05, 0) is 68.1 Å². The summed E-state index contributed by atoms with van der Waals surface area (Å²) in [6, 6.07) is 14.4. The van der Waals surface area contributed by atoms with E-state index in [1.807, 2.05) is 44.2 Å². The Morgan fingerprint density at radius 3 is 2.51 bits per heavy atom. The first-order valence-electron chi connectivity index (χ1n) is 11.9. The molecule has 3 amide bonds. The number of hydrogen-bond donors (Lipinski definition) is 2. The molecule has 1 atom stereocenters. The largest absolute Gasteiger partial charge is 0.350 e. The van der Waals surface area contributed by atoms with Crippen molar-refractivity contribution in [2.75, 3.05) is 5.32 Å². The summed E-state index contributed by atoms with van der Waals surface area (Å²) in [5.74, 6) is -1.74. The molecule has 1 aliphatic rings. The number of para-hydroxylation sites is 1. The number of nitrogens with zero attached hydrogens (tertiary/aromatic N) is 1. The fourth-order valence-corrected chi connectivity index (χ4v) is 5.10. The third kappa shape index (κ3) is 6.84. The summed E-state index contributed by atoms with van der Waals surface area (Å²) in [6.07, 6.45) is 3.96. The van der Waals surface area contributed by atoms with E-state index in [1.54, 1.807) is 17.0 Å². The maximum atomic E-state index is 13.5. The number of aryl methyl sites for hydroxylation is 2. The molecule has 192 valence electrons. The Kier molecular flexibility index (Phi) is 8.41. The molecule has 6 nitrogen and oxygen atoms in total. The van der Waals surface area contributed by atoms with Crippen molar-refractivity contribution in [1.82, 2.24) is 10.2 Å². The van der Waals surface area contributed by atoms with Crippen molar-refractivity contribution in [3.63, 3.8) is 0 Å². The van der Waals surface area contributed by atoms with E-state index in [2.05, 4.69) is 10.6 Å². The molecule has 3 aromatic rings. The number of benzene rings is 2. The Balaban J connectivity index is 1.52. The molecule has 1 unspecified atom stereocenters. The van der Waals surface area contributed by atoms with Crippen LogP contribution >= 0.6 is 22.9 Å². The quantitative estimate of drug-likeness (QED) is 0.342. The zero-order valence-electron chi connectivity index (χ0n) is 20.5. The Morgan fingerprint density at radius 1 is 1.11 bits per heavy atom. The van der Waals surface area contributed by atoms with E-state index < -0.39 is 23.7 Å². The third-order valence-electron chi connectivity index (χ3n) is 5.98. The average Bonchev–Trinajstić information content (AvgIpc) is 3.62. The van der Waals surface area contributed by atoms with Crippen LogP contribution < -0.4 is 10.6 Å². The topological polar surface area (TPSA) is 78.5 Å². The molecule has 0 saturated heterocycles. The molecule has 0 aliphatic heterocycles. The minimum Gasteiger partial charge on any atom is -0.350 e. The minimum absolute atomic E-state index is 0.0268. The van der Waals surface area contributed by atoms with E-state index in [4.69, 9.17) is 11.6 Å². The van der Waals surface area contributed by atoms with Gasteiger partial charge in [0.1, 0.15) is 11.9 Å². The van der Waals surface area contributed by atoms with Crippen LogP contribution in [-0.2, 0) is 20.9 Å². The molecular formula is C28H27ClFN3O3S. The highest BCUT2D eigenvalue weighted by Gasteiger charge is 2.41. The molecule has 37 heavy (non-hydrogen) atoms. The molecule has 0 spiro atoms. The van der Waals surface area contributed by atoms with E-state index in [-0.39, 0.29) is 23.5 Å². The van der Waals surface area contributed by atoms with Crippen LogP contribution in [0.4, 0.5) is 10.1 Å². The second-order valence-electron chi connectivity index (χ2n) is 8.93. The van der Waals surface area contributed by atoms with Crippen molar-refractivity contribution in [2.24, 2.45) is 0 Å². The summed E-state index contributed by atoms with van der Waals surface area (Å²) >= 11 is 7.31. The first-order chi connectivity index (χ1) is 17.7. The van der Waals surface area contributed by atoms with Gasteiger partial charge in [-0.2, -0.15) is 0 Å². The average molecular weight is 540 g/mol. The molecule has 1 aliphatic carbocycles. The predicted molar refractivity (Wildman–Crippen MR) is 144 cm³/mol. The summed E-state index contributed by atoms with van der Waals surface area (Å²) in [5.41, 5.74) is 2.20. The van der Waals surface area contributed by atoms with E-state index in [1.165, 1.54) is 35.6 Å². The lowest BCUT2D eigenvalue weighted by atomic mass is 10.1. The molecule has 0 bridgehead atoms. The highest BCUT2D eigenvalue weighted by molar-refractivity contribution is 7.12. The van der Waals surface area contributed by atoms with Crippen LogP contribution in [0.25, 0.3) is 0 Å². The normalized spacial score (nSPS) is 13.8. The summed E-state index contributed by atoms with van der Waals surface area (Å²) in [4.78, 5) is 42.6. The second kappa shape index (κ2) is 11.7. The Morgan fingerprint density at radius 2 is 1.86 bits per heavy atom. The summed E-state index contributed by atoms with van der Waals surface area (Å²) in [5, 5.41) is 5.61. The molecule has 1 aromatic heterocycles. The molecule has 1 fully saturated rings. The van der Waals surface area contributed by atoms with Gasteiger partial charge < -0.3 is 15.5 Å². The maximum Gasteiger partial charge on any atom is 0.248 e. The number of carbonyl (C=O) groups is 3. The van der Waals surface area contributed by atoms with Crippen molar-refractivity contribution >= 4 is 46.3 Å². The zero-order chi connectivity index (χ0) is 26.5. The number of amides is 3. The van der Waals surface area contributed by atoms with Crippen molar-refractivity contribution in [3.8, 4) is 0 Å². The monoisotopic (exact) mass is 539 g/mol. The molecule has 0 radical (unpaired) electrons. The van der Waals surface area contributed by atoms with Gasteiger partial charge >= 0.3 is 0 Å². The van der Waals surface area contributed by atoms with Crippen LogP contribution in [0.2, 0.25) is 5.02 Å². The number of rotatable bonds is 9. The number of nitrogens with one attached hydrogen (secondary N) is 2. The highest BCUT2D eigenvalue weighted by Crippen LogP contribution is 2.37. The van der Waals surface area contributed by atoms with E-state index in [0.29, 0.717) is 11.3 Å². The number of thiophene rings is 1. The smallest absolute Gasteiger partial charge is 0.248 e. The Labute approximate surface area is 224 Å². The standard InChI is InChI=1S/C28H27ClFN3O3S/c1-17-5-3-4-6-23(17)32-25(34)13-14-26(35)33(20-9-10-20)27(24-12-7-18(2)37-24)28(36)31-16-19-8-11-22(30)21(29)15-19/h3-8,11-15,20,27H,9-10,16H2,1-2H3,(H,31,36)(H,32,34)/b14-13+. The minimum atomic E-state index is -0.862. The second-order valence-corrected chi connectivity index (χ2v) is 10.7. The van der Waals surface area contributed by atoms with Gasteiger partial charge in [-0.15, -0.1) is 11.3 Å². The molecular weight excluding hydrogens is 513 g/mol. The van der Waals surface area contributed by atoms with Gasteiger partial charge in [0, 0.05) is 40.2 Å². The van der Waals surface area contributed by atoms with Gasteiger partial charge in [0.15, 0.2) is 0 Å². The van der Waals surface area contributed by atoms with Crippen LogP contribution in [0.1, 0.15) is 39.8 Å². The molecule has 1 heterocycles. The van der Waals surface area contributed by atoms with Crippen LogP contribution in [0.3, 0.4) is 0 Å². The van der Waals surface area contributed by atoms with Crippen molar-refractivity contribution in [3.05, 3.63) is 98.5 Å². The molecule has 4 rings (SSSR count). The lowest BCUT2D eigenvalue weighted by Gasteiger charge is -2.29. The van der Waals surface area contributed by atoms with Gasteiger partial charge in [0.2, 0.25) is 17.7 Å². The number of carbonyl (C=O) groups excluding carboxylic acids is 3.